The van der Waals surface area contributed by atoms with Gasteiger partial charge < -0.3 is 44.9 Å². The van der Waals surface area contributed by atoms with Crippen LogP contribution >= 0.6 is 0 Å². The number of hydrogen-bond donors (Lipinski definition) is 4. The van der Waals surface area contributed by atoms with Crippen LogP contribution in [0.1, 0.15) is 50.4 Å². The van der Waals surface area contributed by atoms with Crippen molar-refractivity contribution in [2.24, 2.45) is 5.92 Å². The molecule has 4 rings (SSSR count). The molecule has 3 amide bonds. The normalized spacial score (nSPS) is 22.2. The van der Waals surface area contributed by atoms with Crippen molar-refractivity contribution < 1.29 is 33.6 Å². The molecular weight excluding hydrogens is 528 g/mol. The van der Waals surface area contributed by atoms with Gasteiger partial charge in [0.15, 0.2) is 11.5 Å². The highest BCUT2D eigenvalue weighted by Gasteiger charge is 2.30. The highest BCUT2D eigenvalue weighted by molar-refractivity contribution is 6.02. The van der Waals surface area contributed by atoms with Crippen molar-refractivity contribution in [3.05, 3.63) is 42.0 Å². The number of nitrogens with one attached hydrogen (secondary N) is 3. The largest absolute Gasteiger partial charge is 0.490 e. The number of anilines is 2. The Balaban J connectivity index is 1.60. The summed E-state index contributed by atoms with van der Waals surface area (Å²) in [4.78, 5) is 28.6. The summed E-state index contributed by atoms with van der Waals surface area (Å²) in [7, 11) is 1.88. The van der Waals surface area contributed by atoms with Gasteiger partial charge in [-0.1, -0.05) is 6.92 Å². The van der Waals surface area contributed by atoms with Gasteiger partial charge >= 0.3 is 6.03 Å². The summed E-state index contributed by atoms with van der Waals surface area (Å²) in [6.07, 6.45) is 2.42. The van der Waals surface area contributed by atoms with Gasteiger partial charge in [-0.15, -0.1) is 0 Å². The lowest BCUT2D eigenvalue weighted by molar-refractivity contribution is -0.000451. The van der Waals surface area contributed by atoms with Crippen LogP contribution in [-0.4, -0.2) is 80.3 Å². The van der Waals surface area contributed by atoms with Crippen molar-refractivity contribution in [2.75, 3.05) is 50.8 Å². The van der Waals surface area contributed by atoms with Gasteiger partial charge in [-0.05, 0) is 70.5 Å². The van der Waals surface area contributed by atoms with Gasteiger partial charge in [-0.2, -0.15) is 0 Å². The van der Waals surface area contributed by atoms with E-state index in [2.05, 4.69) is 22.9 Å². The van der Waals surface area contributed by atoms with Crippen LogP contribution in [0.2, 0.25) is 0 Å². The number of ether oxygens (including phenoxy) is 4. The van der Waals surface area contributed by atoms with Gasteiger partial charge in [0.25, 0.3) is 5.91 Å². The maximum atomic E-state index is 14.1. The Labute approximate surface area is 241 Å². The van der Waals surface area contributed by atoms with Crippen molar-refractivity contribution in [3.63, 3.8) is 0 Å². The second-order valence-corrected chi connectivity index (χ2v) is 10.7. The third-order valence-corrected chi connectivity index (χ3v) is 7.35. The predicted octanol–water partition coefficient (Wildman–Crippen LogP) is 4.07. The number of nitrogens with zero attached hydrogens (tertiary/aromatic N) is 1. The van der Waals surface area contributed by atoms with E-state index in [9.17, 15) is 14.7 Å². The van der Waals surface area contributed by atoms with E-state index in [4.69, 9.17) is 18.9 Å². The fraction of sp³-hybridized carbons (Fsp3) is 0.533. The Hall–Kier alpha value is -3.54. The summed E-state index contributed by atoms with van der Waals surface area (Å²) in [5.74, 6) is 1.32. The molecule has 0 bridgehead atoms. The molecular formula is C30H42N4O7. The molecule has 0 aromatic heterocycles. The molecule has 11 heteroatoms. The molecule has 4 N–H and O–H groups in total. The van der Waals surface area contributed by atoms with Crippen molar-refractivity contribution >= 4 is 23.3 Å². The highest BCUT2D eigenvalue weighted by atomic mass is 16.7. The molecule has 2 aromatic rings. The monoisotopic (exact) mass is 570 g/mol. The number of fused-ring (bicyclic) bond motifs is 2. The van der Waals surface area contributed by atoms with E-state index in [1.807, 2.05) is 20.9 Å². The smallest absolute Gasteiger partial charge is 0.323 e. The van der Waals surface area contributed by atoms with Crippen LogP contribution in [0.5, 0.6) is 17.2 Å². The Morgan fingerprint density at radius 2 is 1.76 bits per heavy atom. The molecule has 0 unspecified atom stereocenters. The lowest BCUT2D eigenvalue weighted by atomic mass is 10.0. The average molecular weight is 571 g/mol. The Kier molecular flexibility index (Phi) is 10.7. The van der Waals surface area contributed by atoms with Crippen LogP contribution in [-0.2, 0) is 4.74 Å². The molecule has 2 aromatic carbocycles. The van der Waals surface area contributed by atoms with E-state index in [-0.39, 0.29) is 37.4 Å². The minimum Gasteiger partial charge on any atom is -0.490 e. The first-order valence-electron chi connectivity index (χ1n) is 14.3. The standard InChI is InChI=1S/C30H42N4O7/c1-19-16-34(20(2)17-35)29(36)24-13-22(32-30(37)33-23-9-11-26-27(14-23)40-18-39-26)8-10-25(24)41-21(3)7-5-6-12-38-28(19)15-31-4/h8-11,13-14,19-21,28,31,35H,5-7,12,15-18H2,1-4H3,(H2,32,33,37)/t19-,20+,21-,28-/m0/s1. The number of rotatable bonds is 6. The molecule has 0 aliphatic carbocycles. The van der Waals surface area contributed by atoms with Crippen LogP contribution in [0, 0.1) is 5.92 Å². The zero-order chi connectivity index (χ0) is 29.4. The van der Waals surface area contributed by atoms with Gasteiger partial charge in [-0.3, -0.25) is 4.79 Å². The second kappa shape index (κ2) is 14.4. The van der Waals surface area contributed by atoms with Crippen molar-refractivity contribution in [3.8, 4) is 17.2 Å². The number of aliphatic hydroxyl groups is 1. The Bertz CT molecular complexity index is 1190. The van der Waals surface area contributed by atoms with Gasteiger partial charge in [0, 0.05) is 43.1 Å². The van der Waals surface area contributed by atoms with E-state index in [0.717, 1.165) is 19.3 Å². The molecule has 2 aliphatic rings. The molecule has 224 valence electrons. The number of likely N-dealkylation sites (N-methyl/N-ethyl adjacent to an activating group) is 1. The summed E-state index contributed by atoms with van der Waals surface area (Å²) in [6.45, 7) is 7.45. The predicted molar refractivity (Wildman–Crippen MR) is 156 cm³/mol. The van der Waals surface area contributed by atoms with E-state index < -0.39 is 12.1 Å². The number of carbonyl (C=O) groups excluding carboxylic acids is 2. The second-order valence-electron chi connectivity index (χ2n) is 10.7. The Morgan fingerprint density at radius 3 is 2.49 bits per heavy atom. The summed E-state index contributed by atoms with van der Waals surface area (Å²) < 4.78 is 23.2. The number of hydrogen-bond acceptors (Lipinski definition) is 8. The summed E-state index contributed by atoms with van der Waals surface area (Å²) >= 11 is 0. The lowest BCUT2D eigenvalue weighted by Gasteiger charge is -2.34. The molecule has 2 aliphatic heterocycles. The minimum atomic E-state index is -0.479. The molecule has 0 fully saturated rings. The van der Waals surface area contributed by atoms with E-state index in [1.54, 1.807) is 41.3 Å². The first-order valence-corrected chi connectivity index (χ1v) is 14.3. The molecule has 41 heavy (non-hydrogen) atoms. The van der Waals surface area contributed by atoms with Gasteiger partial charge in [-0.25, -0.2) is 4.79 Å². The molecule has 0 radical (unpaired) electrons. The fourth-order valence-electron chi connectivity index (χ4n) is 4.96. The van der Waals surface area contributed by atoms with E-state index in [1.165, 1.54) is 0 Å². The number of carbonyl (C=O) groups is 2. The van der Waals surface area contributed by atoms with Crippen LogP contribution in [0.25, 0.3) is 0 Å². The SMILES string of the molecule is CNC[C@@H]1OCCCC[C@H](C)Oc2ccc(NC(=O)Nc3ccc4c(c3)OCO4)cc2C(=O)N([C@H](C)CO)C[C@@H]1C. The van der Waals surface area contributed by atoms with Crippen molar-refractivity contribution in [1.29, 1.82) is 0 Å². The zero-order valence-electron chi connectivity index (χ0n) is 24.3. The lowest BCUT2D eigenvalue weighted by Crippen LogP contribution is -2.47. The quantitative estimate of drug-likeness (QED) is 0.409. The molecule has 11 nitrogen and oxygen atoms in total. The maximum Gasteiger partial charge on any atom is 0.323 e. The maximum absolute atomic E-state index is 14.1. The van der Waals surface area contributed by atoms with E-state index in [0.29, 0.717) is 53.9 Å². The van der Waals surface area contributed by atoms with Crippen molar-refractivity contribution in [2.45, 2.75) is 58.3 Å². The minimum absolute atomic E-state index is 0.000388. The van der Waals surface area contributed by atoms with Gasteiger partial charge in [0.05, 0.1) is 30.4 Å². The molecule has 0 spiro atoms. The number of urea groups is 1. The summed E-state index contributed by atoms with van der Waals surface area (Å²) in [5, 5.41) is 18.8. The van der Waals surface area contributed by atoms with Crippen LogP contribution in [0.15, 0.2) is 36.4 Å². The van der Waals surface area contributed by atoms with Crippen LogP contribution in [0.3, 0.4) is 0 Å². The number of aliphatic hydroxyl groups excluding tert-OH is 1. The van der Waals surface area contributed by atoms with Crippen LogP contribution in [0.4, 0.5) is 16.2 Å². The number of benzene rings is 2. The zero-order valence-corrected chi connectivity index (χ0v) is 24.3. The third-order valence-electron chi connectivity index (χ3n) is 7.35. The molecule has 2 heterocycles. The van der Waals surface area contributed by atoms with Gasteiger partial charge in [0.1, 0.15) is 5.75 Å². The average Bonchev–Trinajstić information content (AvgIpc) is 3.42. The van der Waals surface area contributed by atoms with E-state index >= 15 is 0 Å². The summed E-state index contributed by atoms with van der Waals surface area (Å²) in [6, 6.07) is 9.26. The molecule has 0 saturated heterocycles. The topological polar surface area (TPSA) is 131 Å². The van der Waals surface area contributed by atoms with Gasteiger partial charge in [0.2, 0.25) is 6.79 Å². The summed E-state index contributed by atoms with van der Waals surface area (Å²) in [5.41, 5.74) is 1.27. The van der Waals surface area contributed by atoms with Crippen molar-refractivity contribution in [1.82, 2.24) is 10.2 Å². The Morgan fingerprint density at radius 1 is 1.05 bits per heavy atom. The van der Waals surface area contributed by atoms with Crippen LogP contribution < -0.4 is 30.2 Å². The molecule has 0 saturated carbocycles. The number of amides is 3. The fourth-order valence-corrected chi connectivity index (χ4v) is 4.96. The first kappa shape index (κ1) is 30.4. The third kappa shape index (κ3) is 8.02. The first-order chi connectivity index (χ1) is 19.8. The highest BCUT2D eigenvalue weighted by Crippen LogP contribution is 2.34. The molecule has 4 atom stereocenters.